The van der Waals surface area contributed by atoms with Crippen LogP contribution in [0, 0.1) is 12.8 Å². The van der Waals surface area contributed by atoms with Gasteiger partial charge >= 0.3 is 0 Å². The molecular formula is C16H20N4O3. The molecule has 3 rings (SSSR count). The molecule has 1 aliphatic heterocycles. The summed E-state index contributed by atoms with van der Waals surface area (Å²) in [5, 5.41) is 7.30. The number of amides is 1. The number of pyridine rings is 1. The van der Waals surface area contributed by atoms with Crippen molar-refractivity contribution in [2.24, 2.45) is 13.0 Å². The highest BCUT2D eigenvalue weighted by Crippen LogP contribution is 2.32. The van der Waals surface area contributed by atoms with Crippen LogP contribution in [0.3, 0.4) is 0 Å². The summed E-state index contributed by atoms with van der Waals surface area (Å²) in [4.78, 5) is 16.5. The molecule has 2 aromatic rings. The zero-order chi connectivity index (χ0) is 16.2. The van der Waals surface area contributed by atoms with E-state index in [0.29, 0.717) is 36.2 Å². The van der Waals surface area contributed by atoms with Gasteiger partial charge in [0.2, 0.25) is 11.8 Å². The van der Waals surface area contributed by atoms with Crippen LogP contribution < -0.4 is 10.1 Å². The van der Waals surface area contributed by atoms with Gasteiger partial charge < -0.3 is 14.8 Å². The summed E-state index contributed by atoms with van der Waals surface area (Å²) in [6.45, 7) is 3.10. The number of ether oxygens (including phenoxy) is 2. The van der Waals surface area contributed by atoms with Crippen LogP contribution in [-0.2, 0) is 16.6 Å². The first kappa shape index (κ1) is 15.5. The monoisotopic (exact) mass is 316 g/mol. The molecular weight excluding hydrogens is 296 g/mol. The van der Waals surface area contributed by atoms with Crippen molar-refractivity contribution in [3.63, 3.8) is 0 Å². The summed E-state index contributed by atoms with van der Waals surface area (Å²) in [7, 11) is 1.78. The Morgan fingerprint density at radius 3 is 2.91 bits per heavy atom. The van der Waals surface area contributed by atoms with Gasteiger partial charge in [0, 0.05) is 32.4 Å². The van der Waals surface area contributed by atoms with Gasteiger partial charge in [0.1, 0.15) is 11.4 Å². The molecule has 3 heterocycles. The first-order valence-electron chi connectivity index (χ1n) is 7.65. The molecule has 1 aliphatic rings. The topological polar surface area (TPSA) is 78.3 Å². The zero-order valence-electron chi connectivity index (χ0n) is 13.3. The van der Waals surface area contributed by atoms with E-state index in [1.54, 1.807) is 36.3 Å². The van der Waals surface area contributed by atoms with E-state index in [2.05, 4.69) is 15.4 Å². The van der Waals surface area contributed by atoms with Crippen LogP contribution in [0.25, 0.3) is 0 Å². The molecule has 1 amide bonds. The Balaban J connectivity index is 1.79. The van der Waals surface area contributed by atoms with Crippen molar-refractivity contribution < 1.29 is 14.3 Å². The summed E-state index contributed by atoms with van der Waals surface area (Å²) in [6, 6.07) is 3.60. The van der Waals surface area contributed by atoms with Gasteiger partial charge in [0.05, 0.1) is 11.9 Å². The van der Waals surface area contributed by atoms with Crippen LogP contribution in [0.15, 0.2) is 24.5 Å². The third-order valence-electron chi connectivity index (χ3n) is 3.86. The van der Waals surface area contributed by atoms with E-state index in [9.17, 15) is 4.79 Å². The second-order valence-corrected chi connectivity index (χ2v) is 5.56. The van der Waals surface area contributed by atoms with E-state index >= 15 is 0 Å². The maximum atomic E-state index is 12.5. The molecule has 0 aromatic carbocycles. The van der Waals surface area contributed by atoms with Crippen LogP contribution in [-0.4, -0.2) is 33.9 Å². The molecule has 1 fully saturated rings. The smallest absolute Gasteiger partial charge is 0.241 e. The molecule has 0 radical (unpaired) electrons. The largest absolute Gasteiger partial charge is 0.436 e. The van der Waals surface area contributed by atoms with Gasteiger partial charge in [-0.25, -0.2) is 4.68 Å². The molecule has 2 aromatic heterocycles. The molecule has 0 aliphatic carbocycles. The molecule has 0 spiro atoms. The summed E-state index contributed by atoms with van der Waals surface area (Å²) in [5.74, 6) is 1.04. The summed E-state index contributed by atoms with van der Waals surface area (Å²) < 4.78 is 12.8. The van der Waals surface area contributed by atoms with Crippen LogP contribution >= 0.6 is 0 Å². The molecule has 1 saturated heterocycles. The Hall–Kier alpha value is -2.41. The lowest BCUT2D eigenvalue weighted by atomic mass is 9.99. The minimum absolute atomic E-state index is 0.0135. The summed E-state index contributed by atoms with van der Waals surface area (Å²) in [6.07, 6.45) is 4.77. The van der Waals surface area contributed by atoms with Crippen LogP contribution in [0.5, 0.6) is 11.6 Å². The molecule has 7 nitrogen and oxygen atoms in total. The van der Waals surface area contributed by atoms with Gasteiger partial charge in [-0.1, -0.05) is 0 Å². The lowest BCUT2D eigenvalue weighted by Gasteiger charge is -2.21. The van der Waals surface area contributed by atoms with Crippen molar-refractivity contribution in [2.45, 2.75) is 19.8 Å². The number of hydrogen-bond donors (Lipinski definition) is 1. The number of nitrogens with one attached hydrogen (secondary N) is 1. The number of hydrogen-bond acceptors (Lipinski definition) is 5. The SMILES string of the molecule is Cc1nn(C)c(Oc2cccnc2)c1NC(=O)C1CCOCC1. The Morgan fingerprint density at radius 1 is 1.43 bits per heavy atom. The number of anilines is 1. The maximum absolute atomic E-state index is 12.5. The molecule has 0 atom stereocenters. The second kappa shape index (κ2) is 6.78. The fourth-order valence-corrected chi connectivity index (χ4v) is 2.60. The fraction of sp³-hybridized carbons (Fsp3) is 0.438. The van der Waals surface area contributed by atoms with Crippen molar-refractivity contribution in [1.29, 1.82) is 0 Å². The standard InChI is InChI=1S/C16H20N4O3/c1-11-14(18-15(21)12-5-8-22-9-6-12)16(20(2)19-11)23-13-4-3-7-17-10-13/h3-4,7,10,12H,5-6,8-9H2,1-2H3,(H,18,21). The minimum atomic E-state index is -0.0328. The van der Waals surface area contributed by atoms with E-state index < -0.39 is 0 Å². The predicted octanol–water partition coefficient (Wildman–Crippen LogP) is 2.28. The van der Waals surface area contributed by atoms with E-state index in [-0.39, 0.29) is 11.8 Å². The van der Waals surface area contributed by atoms with E-state index in [4.69, 9.17) is 9.47 Å². The fourth-order valence-electron chi connectivity index (χ4n) is 2.60. The number of carbonyl (C=O) groups is 1. The Kier molecular flexibility index (Phi) is 4.57. The molecule has 7 heteroatoms. The highest BCUT2D eigenvalue weighted by Gasteiger charge is 2.25. The molecule has 23 heavy (non-hydrogen) atoms. The average molecular weight is 316 g/mol. The molecule has 0 saturated carbocycles. The highest BCUT2D eigenvalue weighted by atomic mass is 16.5. The number of nitrogens with zero attached hydrogens (tertiary/aromatic N) is 3. The van der Waals surface area contributed by atoms with Gasteiger partial charge in [-0.3, -0.25) is 9.78 Å². The van der Waals surface area contributed by atoms with Crippen molar-refractivity contribution >= 4 is 11.6 Å². The lowest BCUT2D eigenvalue weighted by Crippen LogP contribution is -2.28. The number of rotatable bonds is 4. The second-order valence-electron chi connectivity index (χ2n) is 5.56. The van der Waals surface area contributed by atoms with Crippen molar-refractivity contribution in [1.82, 2.24) is 14.8 Å². The van der Waals surface area contributed by atoms with E-state index in [1.807, 2.05) is 6.92 Å². The minimum Gasteiger partial charge on any atom is -0.436 e. The number of carbonyl (C=O) groups excluding carboxylic acids is 1. The molecule has 122 valence electrons. The van der Waals surface area contributed by atoms with Crippen molar-refractivity contribution in [3.8, 4) is 11.6 Å². The van der Waals surface area contributed by atoms with E-state index in [1.165, 1.54) is 0 Å². The Bertz CT molecular complexity index is 678. The van der Waals surface area contributed by atoms with Gasteiger partial charge in [-0.05, 0) is 31.9 Å². The molecule has 0 bridgehead atoms. The number of aromatic nitrogens is 3. The zero-order valence-corrected chi connectivity index (χ0v) is 13.3. The van der Waals surface area contributed by atoms with Gasteiger partial charge in [-0.15, -0.1) is 0 Å². The quantitative estimate of drug-likeness (QED) is 0.936. The molecule has 0 unspecified atom stereocenters. The lowest BCUT2D eigenvalue weighted by molar-refractivity contribution is -0.122. The van der Waals surface area contributed by atoms with Gasteiger partial charge in [0.25, 0.3) is 0 Å². The van der Waals surface area contributed by atoms with Crippen molar-refractivity contribution in [3.05, 3.63) is 30.2 Å². The van der Waals surface area contributed by atoms with Gasteiger partial charge in [0.15, 0.2) is 0 Å². The van der Waals surface area contributed by atoms with E-state index in [0.717, 1.165) is 12.8 Å². The van der Waals surface area contributed by atoms with Gasteiger partial charge in [-0.2, -0.15) is 5.10 Å². The van der Waals surface area contributed by atoms with Crippen LogP contribution in [0.2, 0.25) is 0 Å². The first-order valence-corrected chi connectivity index (χ1v) is 7.65. The third-order valence-corrected chi connectivity index (χ3v) is 3.86. The Labute approximate surface area is 134 Å². The van der Waals surface area contributed by atoms with Crippen LogP contribution in [0.1, 0.15) is 18.5 Å². The normalized spacial score (nSPS) is 15.4. The average Bonchev–Trinajstić information content (AvgIpc) is 2.83. The summed E-state index contributed by atoms with van der Waals surface area (Å²) >= 11 is 0. The first-order chi connectivity index (χ1) is 11.1. The highest BCUT2D eigenvalue weighted by molar-refractivity contribution is 5.94. The summed E-state index contributed by atoms with van der Waals surface area (Å²) in [5.41, 5.74) is 1.32. The van der Waals surface area contributed by atoms with Crippen molar-refractivity contribution in [2.75, 3.05) is 18.5 Å². The van der Waals surface area contributed by atoms with Crippen LogP contribution in [0.4, 0.5) is 5.69 Å². The third kappa shape index (κ3) is 3.50. The Morgan fingerprint density at radius 2 is 2.22 bits per heavy atom. The maximum Gasteiger partial charge on any atom is 0.241 e. The molecule has 1 N–H and O–H groups in total. The predicted molar refractivity (Wildman–Crippen MR) is 84.4 cm³/mol. The number of aryl methyl sites for hydroxylation is 2.